The predicted molar refractivity (Wildman–Crippen MR) is 97.2 cm³/mol. The summed E-state index contributed by atoms with van der Waals surface area (Å²) >= 11 is 7.27. The van der Waals surface area contributed by atoms with Crippen molar-refractivity contribution in [2.45, 2.75) is 13.8 Å². The molecule has 24 heavy (non-hydrogen) atoms. The van der Waals surface area contributed by atoms with E-state index in [0.29, 0.717) is 39.8 Å². The Balaban J connectivity index is 1.77. The Morgan fingerprint density at radius 2 is 1.96 bits per heavy atom. The van der Waals surface area contributed by atoms with Gasteiger partial charge < -0.3 is 10.1 Å². The molecule has 0 aliphatic heterocycles. The second kappa shape index (κ2) is 7.15. The number of hydrogen-bond donors (Lipinski definition) is 1. The SMILES string of the molecule is CC(C)COc1ccc(C(=O)Nc2c(Cl)ccc3nsnc23)cc1. The van der Waals surface area contributed by atoms with Gasteiger partial charge in [-0.3, -0.25) is 4.79 Å². The highest BCUT2D eigenvalue weighted by Crippen LogP contribution is 2.30. The van der Waals surface area contributed by atoms with E-state index in [1.54, 1.807) is 36.4 Å². The minimum absolute atomic E-state index is 0.257. The third-order valence-electron chi connectivity index (χ3n) is 3.32. The molecule has 3 aromatic rings. The number of hydrogen-bond acceptors (Lipinski definition) is 5. The van der Waals surface area contributed by atoms with E-state index >= 15 is 0 Å². The molecule has 0 saturated carbocycles. The van der Waals surface area contributed by atoms with Crippen LogP contribution in [0.25, 0.3) is 11.0 Å². The Morgan fingerprint density at radius 1 is 1.21 bits per heavy atom. The molecule has 7 heteroatoms. The highest BCUT2D eigenvalue weighted by Gasteiger charge is 2.14. The molecular formula is C17H16ClN3O2S. The number of amides is 1. The molecule has 1 amide bonds. The summed E-state index contributed by atoms with van der Waals surface area (Å²) in [6.07, 6.45) is 0. The zero-order chi connectivity index (χ0) is 17.1. The number of carbonyl (C=O) groups is 1. The van der Waals surface area contributed by atoms with Crippen molar-refractivity contribution in [2.75, 3.05) is 11.9 Å². The van der Waals surface area contributed by atoms with Gasteiger partial charge in [0.1, 0.15) is 16.8 Å². The number of anilines is 1. The molecule has 0 saturated heterocycles. The van der Waals surface area contributed by atoms with Crippen molar-refractivity contribution >= 4 is 46.0 Å². The van der Waals surface area contributed by atoms with Crippen LogP contribution in [0.15, 0.2) is 36.4 Å². The van der Waals surface area contributed by atoms with Gasteiger partial charge in [0.2, 0.25) is 0 Å². The van der Waals surface area contributed by atoms with E-state index in [1.807, 2.05) is 0 Å². The first-order valence-electron chi connectivity index (χ1n) is 7.49. The van der Waals surface area contributed by atoms with E-state index < -0.39 is 0 Å². The summed E-state index contributed by atoms with van der Waals surface area (Å²) in [5.74, 6) is 0.930. The maximum atomic E-state index is 12.5. The normalized spacial score (nSPS) is 11.0. The lowest BCUT2D eigenvalue weighted by atomic mass is 10.2. The van der Waals surface area contributed by atoms with Gasteiger partial charge in [-0.1, -0.05) is 25.4 Å². The number of nitrogens with one attached hydrogen (secondary N) is 1. The van der Waals surface area contributed by atoms with Gasteiger partial charge in [0, 0.05) is 5.56 Å². The van der Waals surface area contributed by atoms with Gasteiger partial charge in [-0.15, -0.1) is 0 Å². The summed E-state index contributed by atoms with van der Waals surface area (Å²) in [5.41, 5.74) is 2.30. The van der Waals surface area contributed by atoms with Crippen LogP contribution in [0, 0.1) is 5.92 Å². The largest absolute Gasteiger partial charge is 0.493 e. The van der Waals surface area contributed by atoms with Gasteiger partial charge in [-0.25, -0.2) is 0 Å². The maximum Gasteiger partial charge on any atom is 0.255 e. The molecule has 0 aliphatic rings. The van der Waals surface area contributed by atoms with Crippen molar-refractivity contribution in [3.63, 3.8) is 0 Å². The highest BCUT2D eigenvalue weighted by atomic mass is 35.5. The highest BCUT2D eigenvalue weighted by molar-refractivity contribution is 7.00. The molecule has 124 valence electrons. The summed E-state index contributed by atoms with van der Waals surface area (Å²) in [7, 11) is 0. The quantitative estimate of drug-likeness (QED) is 0.719. The zero-order valence-corrected chi connectivity index (χ0v) is 14.8. The summed E-state index contributed by atoms with van der Waals surface area (Å²) in [4.78, 5) is 12.5. The lowest BCUT2D eigenvalue weighted by Crippen LogP contribution is -2.12. The van der Waals surface area contributed by atoms with Crippen molar-refractivity contribution in [1.29, 1.82) is 0 Å². The summed E-state index contributed by atoms with van der Waals surface area (Å²) in [5, 5.41) is 3.25. The fourth-order valence-corrected chi connectivity index (χ4v) is 2.84. The molecule has 0 atom stereocenters. The number of halogens is 1. The summed E-state index contributed by atoms with van der Waals surface area (Å²) < 4.78 is 14.0. The summed E-state index contributed by atoms with van der Waals surface area (Å²) in [6.45, 7) is 4.80. The van der Waals surface area contributed by atoms with Crippen LogP contribution in [-0.4, -0.2) is 21.3 Å². The Bertz CT molecular complexity index is 862. The number of aromatic nitrogens is 2. The first-order chi connectivity index (χ1) is 11.5. The van der Waals surface area contributed by atoms with Gasteiger partial charge in [0.15, 0.2) is 0 Å². The minimum Gasteiger partial charge on any atom is -0.493 e. The third kappa shape index (κ3) is 3.66. The van der Waals surface area contributed by atoms with E-state index in [9.17, 15) is 4.79 Å². The zero-order valence-electron chi connectivity index (χ0n) is 13.2. The average molecular weight is 362 g/mol. The molecule has 0 unspecified atom stereocenters. The van der Waals surface area contributed by atoms with Crippen LogP contribution in [0.4, 0.5) is 5.69 Å². The van der Waals surface area contributed by atoms with Crippen LogP contribution < -0.4 is 10.1 Å². The Kier molecular flexibility index (Phi) is 4.97. The second-order valence-corrected chi connectivity index (χ2v) is 6.67. The maximum absolute atomic E-state index is 12.5. The van der Waals surface area contributed by atoms with E-state index in [-0.39, 0.29) is 5.91 Å². The van der Waals surface area contributed by atoms with Crippen molar-refractivity contribution in [2.24, 2.45) is 5.92 Å². The monoisotopic (exact) mass is 361 g/mol. The Hall–Kier alpha value is -2.18. The standard InChI is InChI=1S/C17H16ClN3O2S/c1-10(2)9-23-12-5-3-11(4-6-12)17(22)19-15-13(18)7-8-14-16(15)21-24-20-14/h3-8,10H,9H2,1-2H3,(H,19,22). The van der Waals surface area contributed by atoms with Crippen LogP contribution in [0.3, 0.4) is 0 Å². The van der Waals surface area contributed by atoms with E-state index in [2.05, 4.69) is 27.9 Å². The second-order valence-electron chi connectivity index (χ2n) is 5.74. The molecule has 0 radical (unpaired) electrons. The minimum atomic E-state index is -0.257. The molecular weight excluding hydrogens is 346 g/mol. The summed E-state index contributed by atoms with van der Waals surface area (Å²) in [6, 6.07) is 10.5. The van der Waals surface area contributed by atoms with Crippen molar-refractivity contribution < 1.29 is 9.53 Å². The average Bonchev–Trinajstić information content (AvgIpc) is 3.05. The van der Waals surface area contributed by atoms with Crippen LogP contribution >= 0.6 is 23.3 Å². The lowest BCUT2D eigenvalue weighted by Gasteiger charge is -2.10. The van der Waals surface area contributed by atoms with Crippen LogP contribution in [0.5, 0.6) is 5.75 Å². The van der Waals surface area contributed by atoms with E-state index in [1.165, 1.54) is 0 Å². The van der Waals surface area contributed by atoms with E-state index in [0.717, 1.165) is 17.5 Å². The molecule has 1 aromatic heterocycles. The predicted octanol–water partition coefficient (Wildman–Crippen LogP) is 4.63. The molecule has 5 nitrogen and oxygen atoms in total. The number of ether oxygens (including phenoxy) is 1. The molecule has 1 N–H and O–H groups in total. The number of rotatable bonds is 5. The molecule has 0 fully saturated rings. The molecule has 0 bridgehead atoms. The Labute approximate surface area is 148 Å². The first-order valence-corrected chi connectivity index (χ1v) is 8.60. The van der Waals surface area contributed by atoms with Crippen LogP contribution in [-0.2, 0) is 0 Å². The van der Waals surface area contributed by atoms with Gasteiger partial charge >= 0.3 is 0 Å². The molecule has 1 heterocycles. The van der Waals surface area contributed by atoms with Crippen LogP contribution in [0.2, 0.25) is 5.02 Å². The fourth-order valence-electron chi connectivity index (χ4n) is 2.10. The van der Waals surface area contributed by atoms with Crippen LogP contribution in [0.1, 0.15) is 24.2 Å². The van der Waals surface area contributed by atoms with Crippen molar-refractivity contribution in [3.05, 3.63) is 47.0 Å². The van der Waals surface area contributed by atoms with Gasteiger partial charge in [0.05, 0.1) is 29.0 Å². The first kappa shape index (κ1) is 16.7. The molecule has 3 rings (SSSR count). The van der Waals surface area contributed by atoms with Gasteiger partial charge in [-0.2, -0.15) is 8.75 Å². The number of fused-ring (bicyclic) bond motifs is 1. The third-order valence-corrected chi connectivity index (χ3v) is 4.17. The topological polar surface area (TPSA) is 64.1 Å². The van der Waals surface area contributed by atoms with Crippen molar-refractivity contribution in [1.82, 2.24) is 8.75 Å². The number of benzene rings is 2. The number of nitrogens with zero attached hydrogens (tertiary/aromatic N) is 2. The lowest BCUT2D eigenvalue weighted by molar-refractivity contribution is 0.102. The van der Waals surface area contributed by atoms with Gasteiger partial charge in [0.25, 0.3) is 5.91 Å². The van der Waals surface area contributed by atoms with Crippen molar-refractivity contribution in [3.8, 4) is 5.75 Å². The van der Waals surface area contributed by atoms with E-state index in [4.69, 9.17) is 16.3 Å². The molecule has 0 spiro atoms. The molecule has 2 aromatic carbocycles. The Morgan fingerprint density at radius 3 is 2.67 bits per heavy atom. The number of carbonyl (C=O) groups excluding carboxylic acids is 1. The van der Waals surface area contributed by atoms with Gasteiger partial charge in [-0.05, 0) is 42.3 Å². The fraction of sp³-hybridized carbons (Fsp3) is 0.235. The smallest absolute Gasteiger partial charge is 0.255 e. The molecule has 0 aliphatic carbocycles.